The van der Waals surface area contributed by atoms with Crippen LogP contribution in [0.1, 0.15) is 21.5 Å². The maximum absolute atomic E-state index is 12.6. The fraction of sp³-hybridized carbons (Fsp3) is 0.0455. The van der Waals surface area contributed by atoms with E-state index >= 15 is 0 Å². The minimum absolute atomic E-state index is 0.0148. The Kier molecular flexibility index (Phi) is 7.50. The van der Waals surface area contributed by atoms with Gasteiger partial charge in [0.05, 0.1) is 0 Å². The van der Waals surface area contributed by atoms with Crippen molar-refractivity contribution in [1.29, 1.82) is 0 Å². The van der Waals surface area contributed by atoms with Gasteiger partial charge in [-0.05, 0) is 54.1 Å². The fourth-order valence-corrected chi connectivity index (χ4v) is 2.70. The Labute approximate surface area is 192 Å². The molecule has 10 nitrogen and oxygen atoms in total. The molecule has 0 saturated carbocycles. The Bertz CT molecular complexity index is 1180. The van der Waals surface area contributed by atoms with Gasteiger partial charge in [-0.15, -0.1) is 10.1 Å². The number of hydrogen-bond acceptors (Lipinski definition) is 9. The number of nitrogens with zero attached hydrogens (tertiary/aromatic N) is 1. The molecule has 0 aliphatic rings. The Morgan fingerprint density at radius 3 is 2.12 bits per heavy atom. The molecule has 0 saturated heterocycles. The van der Waals surface area contributed by atoms with E-state index in [2.05, 4.69) is 4.84 Å². The summed E-state index contributed by atoms with van der Waals surface area (Å²) in [7, 11) is 0. The van der Waals surface area contributed by atoms with E-state index in [1.165, 1.54) is 48.5 Å². The van der Waals surface area contributed by atoms with Crippen molar-refractivity contribution in [1.82, 2.24) is 0 Å². The Balaban J connectivity index is 1.64. The molecule has 0 amide bonds. The van der Waals surface area contributed by atoms with Crippen LogP contribution in [0.4, 0.5) is 4.79 Å². The van der Waals surface area contributed by atoms with Crippen LogP contribution in [-0.4, -0.2) is 22.2 Å². The van der Waals surface area contributed by atoms with Gasteiger partial charge < -0.3 is 24.8 Å². The highest BCUT2D eigenvalue weighted by atomic mass is 32.1. The smallest absolute Gasteiger partial charge is 0.423 e. The van der Waals surface area contributed by atoms with Gasteiger partial charge in [0, 0.05) is 5.56 Å². The molecule has 0 unspecified atom stereocenters. The van der Waals surface area contributed by atoms with Gasteiger partial charge in [-0.25, -0.2) is 9.59 Å². The molecule has 0 aliphatic heterocycles. The van der Waals surface area contributed by atoms with Gasteiger partial charge in [0.15, 0.2) is 0 Å². The maximum atomic E-state index is 12.6. The lowest BCUT2D eigenvalue weighted by Gasteiger charge is -2.10. The van der Waals surface area contributed by atoms with E-state index < -0.39 is 17.2 Å². The molecular weight excluding hydrogens is 452 g/mol. The Hall–Kier alpha value is -4.51. The summed E-state index contributed by atoms with van der Waals surface area (Å²) in [6, 6.07) is 18.1. The van der Waals surface area contributed by atoms with Crippen molar-refractivity contribution in [3.05, 3.63) is 99.6 Å². The predicted octanol–water partition coefficient (Wildman–Crippen LogP) is 3.83. The van der Waals surface area contributed by atoms with Crippen molar-refractivity contribution in [2.45, 2.75) is 6.61 Å². The highest BCUT2D eigenvalue weighted by molar-refractivity contribution is 7.80. The van der Waals surface area contributed by atoms with Crippen molar-refractivity contribution in [3.63, 3.8) is 0 Å². The second-order valence-electron chi connectivity index (χ2n) is 6.37. The van der Waals surface area contributed by atoms with Gasteiger partial charge in [0.1, 0.15) is 34.4 Å². The lowest BCUT2D eigenvalue weighted by Crippen LogP contribution is -2.17. The number of benzene rings is 3. The number of para-hydroxylation sites is 1. The van der Waals surface area contributed by atoms with E-state index in [-0.39, 0.29) is 34.4 Å². The van der Waals surface area contributed by atoms with Crippen LogP contribution in [0.5, 0.6) is 17.2 Å². The fourth-order valence-electron chi connectivity index (χ4n) is 2.56. The molecule has 168 valence electrons. The first kappa shape index (κ1) is 23.2. The molecule has 0 bridgehead atoms. The molecule has 0 radical (unpaired) electrons. The van der Waals surface area contributed by atoms with E-state index in [1.807, 2.05) is 0 Å². The molecule has 33 heavy (non-hydrogen) atoms. The standard InChI is InChI=1S/C22H16N2O8S/c23-20(33)15-7-11-17(12-8-15)31-22(26)32-19-4-2-1-3-18(19)21(25)30-16-9-5-14(6-10-16)13-29-24(27)28/h1-12H,13H2,(H2,23,33). The average molecular weight is 468 g/mol. The summed E-state index contributed by atoms with van der Waals surface area (Å²) in [6.07, 6.45) is -1.06. The van der Waals surface area contributed by atoms with Crippen molar-refractivity contribution < 1.29 is 33.7 Å². The van der Waals surface area contributed by atoms with Gasteiger partial charge in [-0.3, -0.25) is 0 Å². The molecule has 3 aromatic carbocycles. The zero-order chi connectivity index (χ0) is 23.8. The van der Waals surface area contributed by atoms with Crippen LogP contribution >= 0.6 is 12.2 Å². The van der Waals surface area contributed by atoms with Gasteiger partial charge >= 0.3 is 12.1 Å². The molecule has 2 N–H and O–H groups in total. The SMILES string of the molecule is NC(=S)c1ccc(OC(=O)Oc2ccccc2C(=O)Oc2ccc(CO[N+](=O)[O-])cc2)cc1. The number of rotatable bonds is 8. The summed E-state index contributed by atoms with van der Waals surface area (Å²) < 4.78 is 15.6. The van der Waals surface area contributed by atoms with Crippen molar-refractivity contribution in [3.8, 4) is 17.2 Å². The summed E-state index contributed by atoms with van der Waals surface area (Å²) in [5.41, 5.74) is 6.63. The van der Waals surface area contributed by atoms with Gasteiger partial charge in [-0.2, -0.15) is 0 Å². The lowest BCUT2D eigenvalue weighted by molar-refractivity contribution is -0.763. The number of esters is 1. The molecule has 0 aliphatic carbocycles. The third kappa shape index (κ3) is 6.74. The number of nitrogens with two attached hydrogens (primary N) is 1. The monoisotopic (exact) mass is 468 g/mol. The van der Waals surface area contributed by atoms with Crippen LogP contribution in [-0.2, 0) is 11.4 Å². The second-order valence-corrected chi connectivity index (χ2v) is 6.81. The normalized spacial score (nSPS) is 10.1. The van der Waals surface area contributed by atoms with E-state index in [1.54, 1.807) is 24.3 Å². The topological polar surface area (TPSA) is 140 Å². The Morgan fingerprint density at radius 2 is 1.48 bits per heavy atom. The quantitative estimate of drug-likeness (QED) is 0.129. The molecule has 11 heteroatoms. The highest BCUT2D eigenvalue weighted by Crippen LogP contribution is 2.22. The predicted molar refractivity (Wildman–Crippen MR) is 119 cm³/mol. The number of ether oxygens (including phenoxy) is 3. The minimum atomic E-state index is -1.06. The zero-order valence-corrected chi connectivity index (χ0v) is 17.7. The van der Waals surface area contributed by atoms with Gasteiger partial charge in [0.25, 0.3) is 5.09 Å². The first-order chi connectivity index (χ1) is 15.8. The molecule has 0 atom stereocenters. The maximum Gasteiger partial charge on any atom is 0.519 e. The van der Waals surface area contributed by atoms with E-state index in [4.69, 9.17) is 32.2 Å². The largest absolute Gasteiger partial charge is 0.519 e. The lowest BCUT2D eigenvalue weighted by atomic mass is 10.2. The number of hydrogen-bond donors (Lipinski definition) is 1. The van der Waals surface area contributed by atoms with Crippen molar-refractivity contribution >= 4 is 29.3 Å². The van der Waals surface area contributed by atoms with Crippen LogP contribution < -0.4 is 19.9 Å². The van der Waals surface area contributed by atoms with Gasteiger partial charge in [0.2, 0.25) is 0 Å². The van der Waals surface area contributed by atoms with Crippen LogP contribution in [0.3, 0.4) is 0 Å². The molecule has 0 heterocycles. The summed E-state index contributed by atoms with van der Waals surface area (Å²) >= 11 is 4.86. The van der Waals surface area contributed by atoms with Crippen LogP contribution in [0.15, 0.2) is 72.8 Å². The Morgan fingerprint density at radius 1 is 0.879 bits per heavy atom. The van der Waals surface area contributed by atoms with Gasteiger partial charge in [-0.1, -0.05) is 36.5 Å². The summed E-state index contributed by atoms with van der Waals surface area (Å²) in [5.74, 6) is -0.474. The zero-order valence-electron chi connectivity index (χ0n) is 16.8. The van der Waals surface area contributed by atoms with E-state index in [0.717, 1.165) is 0 Å². The second kappa shape index (κ2) is 10.7. The summed E-state index contributed by atoms with van der Waals surface area (Å²) in [4.78, 5) is 39.5. The average Bonchev–Trinajstić information content (AvgIpc) is 2.79. The van der Waals surface area contributed by atoms with E-state index in [9.17, 15) is 19.7 Å². The summed E-state index contributed by atoms with van der Waals surface area (Å²) in [6.45, 7) is -0.234. The molecule has 3 rings (SSSR count). The third-order valence-electron chi connectivity index (χ3n) is 4.11. The number of thiocarbonyl (C=S) groups is 1. The third-order valence-corrected chi connectivity index (χ3v) is 4.35. The van der Waals surface area contributed by atoms with E-state index in [0.29, 0.717) is 11.1 Å². The number of carbonyl (C=O) groups excluding carboxylic acids is 2. The first-order valence-corrected chi connectivity index (χ1v) is 9.69. The highest BCUT2D eigenvalue weighted by Gasteiger charge is 2.18. The van der Waals surface area contributed by atoms with Crippen LogP contribution in [0, 0.1) is 10.1 Å². The van der Waals surface area contributed by atoms with Crippen molar-refractivity contribution in [2.24, 2.45) is 5.73 Å². The van der Waals surface area contributed by atoms with Crippen LogP contribution in [0.2, 0.25) is 0 Å². The van der Waals surface area contributed by atoms with Crippen LogP contribution in [0.25, 0.3) is 0 Å². The summed E-state index contributed by atoms with van der Waals surface area (Å²) in [5, 5.41) is 9.35. The molecule has 0 spiro atoms. The first-order valence-electron chi connectivity index (χ1n) is 9.29. The molecule has 0 fully saturated rings. The molecular formula is C22H16N2O8S. The minimum Gasteiger partial charge on any atom is -0.423 e. The number of carbonyl (C=O) groups is 2. The van der Waals surface area contributed by atoms with Crippen molar-refractivity contribution in [2.75, 3.05) is 0 Å². The molecule has 3 aromatic rings. The molecule has 0 aromatic heterocycles.